The monoisotopic (exact) mass is 327 g/mol. The molecule has 0 spiro atoms. The van der Waals surface area contributed by atoms with E-state index in [1.165, 1.54) is 10.6 Å². The van der Waals surface area contributed by atoms with E-state index in [-0.39, 0.29) is 0 Å². The number of rotatable bonds is 3. The Hall–Kier alpha value is -1.92. The maximum atomic E-state index is 4.74. The van der Waals surface area contributed by atoms with Gasteiger partial charge >= 0.3 is 0 Å². The van der Waals surface area contributed by atoms with Crippen LogP contribution in [0.3, 0.4) is 0 Å². The van der Waals surface area contributed by atoms with Crippen LogP contribution >= 0.6 is 11.3 Å². The van der Waals surface area contributed by atoms with Crippen LogP contribution in [0, 0.1) is 6.92 Å². The van der Waals surface area contributed by atoms with E-state index < -0.39 is 0 Å². The summed E-state index contributed by atoms with van der Waals surface area (Å²) in [5, 5.41) is 0. The molecule has 1 aliphatic heterocycles. The Morgan fingerprint density at radius 1 is 1.17 bits per heavy atom. The highest BCUT2D eigenvalue weighted by Gasteiger charge is 2.18. The SMILES string of the molecule is Cc1ncsc1CN1CCCN(c2nc3ccccc3[nH]2)CC1. The summed E-state index contributed by atoms with van der Waals surface area (Å²) in [7, 11) is 0. The largest absolute Gasteiger partial charge is 0.341 e. The molecule has 1 saturated heterocycles. The molecule has 3 heterocycles. The van der Waals surface area contributed by atoms with Crippen LogP contribution in [0.2, 0.25) is 0 Å². The number of aromatic nitrogens is 3. The molecule has 1 aromatic carbocycles. The van der Waals surface area contributed by atoms with Gasteiger partial charge in [0.2, 0.25) is 5.95 Å². The van der Waals surface area contributed by atoms with Gasteiger partial charge in [-0.2, -0.15) is 0 Å². The van der Waals surface area contributed by atoms with Crippen molar-refractivity contribution in [3.05, 3.63) is 40.3 Å². The Balaban J connectivity index is 1.45. The first-order chi connectivity index (χ1) is 11.3. The summed E-state index contributed by atoms with van der Waals surface area (Å²) < 4.78 is 0. The second kappa shape index (κ2) is 6.29. The van der Waals surface area contributed by atoms with Crippen molar-refractivity contribution >= 4 is 28.3 Å². The molecular formula is C17H21N5S. The average Bonchev–Trinajstić information content (AvgIpc) is 3.08. The molecule has 0 radical (unpaired) electrons. The number of nitrogens with zero attached hydrogens (tertiary/aromatic N) is 4. The van der Waals surface area contributed by atoms with E-state index in [9.17, 15) is 0 Å². The molecule has 0 unspecified atom stereocenters. The number of anilines is 1. The molecule has 1 aliphatic rings. The molecule has 3 aromatic rings. The van der Waals surface area contributed by atoms with Gasteiger partial charge in [0.05, 0.1) is 22.2 Å². The van der Waals surface area contributed by atoms with Gasteiger partial charge in [0.15, 0.2) is 0 Å². The fraction of sp³-hybridized carbons (Fsp3) is 0.412. The summed E-state index contributed by atoms with van der Waals surface area (Å²) in [6.07, 6.45) is 1.16. The lowest BCUT2D eigenvalue weighted by Crippen LogP contribution is -2.31. The zero-order chi connectivity index (χ0) is 15.6. The molecule has 23 heavy (non-hydrogen) atoms. The van der Waals surface area contributed by atoms with Crippen LogP contribution in [-0.4, -0.2) is 46.0 Å². The predicted octanol–water partition coefficient (Wildman–Crippen LogP) is 3.04. The number of hydrogen-bond donors (Lipinski definition) is 1. The maximum Gasteiger partial charge on any atom is 0.203 e. The summed E-state index contributed by atoms with van der Waals surface area (Å²) in [5.74, 6) is 1.00. The molecule has 6 heteroatoms. The van der Waals surface area contributed by atoms with Crippen LogP contribution in [0.15, 0.2) is 29.8 Å². The van der Waals surface area contributed by atoms with Gasteiger partial charge in [0, 0.05) is 37.6 Å². The smallest absolute Gasteiger partial charge is 0.203 e. The van der Waals surface area contributed by atoms with Crippen LogP contribution < -0.4 is 4.90 Å². The molecular weight excluding hydrogens is 306 g/mol. The van der Waals surface area contributed by atoms with Crippen molar-refractivity contribution < 1.29 is 0 Å². The summed E-state index contributed by atoms with van der Waals surface area (Å²) in [6, 6.07) is 8.23. The van der Waals surface area contributed by atoms with Crippen molar-refractivity contribution in [2.45, 2.75) is 19.9 Å². The Morgan fingerprint density at radius 2 is 2.09 bits per heavy atom. The van der Waals surface area contributed by atoms with E-state index in [2.05, 4.69) is 38.8 Å². The highest BCUT2D eigenvalue weighted by atomic mass is 32.1. The number of aryl methyl sites for hydroxylation is 1. The molecule has 120 valence electrons. The quantitative estimate of drug-likeness (QED) is 0.803. The molecule has 0 saturated carbocycles. The van der Waals surface area contributed by atoms with E-state index in [4.69, 9.17) is 4.98 Å². The minimum absolute atomic E-state index is 1.00. The van der Waals surface area contributed by atoms with Gasteiger partial charge in [0.25, 0.3) is 0 Å². The third-order valence-corrected chi connectivity index (χ3v) is 5.40. The van der Waals surface area contributed by atoms with Gasteiger partial charge < -0.3 is 9.88 Å². The van der Waals surface area contributed by atoms with Crippen molar-refractivity contribution in [3.8, 4) is 0 Å². The highest BCUT2D eigenvalue weighted by Crippen LogP contribution is 2.20. The zero-order valence-electron chi connectivity index (χ0n) is 13.3. The van der Waals surface area contributed by atoms with Gasteiger partial charge in [-0.15, -0.1) is 11.3 Å². The molecule has 0 atom stereocenters. The minimum atomic E-state index is 1.00. The summed E-state index contributed by atoms with van der Waals surface area (Å²) in [4.78, 5) is 18.8. The lowest BCUT2D eigenvalue weighted by Gasteiger charge is -2.21. The van der Waals surface area contributed by atoms with Crippen LogP contribution in [0.5, 0.6) is 0 Å². The zero-order valence-corrected chi connectivity index (χ0v) is 14.1. The second-order valence-electron chi connectivity index (χ2n) is 6.06. The lowest BCUT2D eigenvalue weighted by molar-refractivity contribution is 0.287. The molecule has 5 nitrogen and oxygen atoms in total. The number of thiazole rings is 1. The Labute approximate surface area is 140 Å². The van der Waals surface area contributed by atoms with E-state index in [1.807, 2.05) is 17.6 Å². The topological polar surface area (TPSA) is 48.1 Å². The average molecular weight is 327 g/mol. The molecule has 1 fully saturated rings. The summed E-state index contributed by atoms with van der Waals surface area (Å²) in [5.41, 5.74) is 5.28. The van der Waals surface area contributed by atoms with Crippen molar-refractivity contribution in [2.24, 2.45) is 0 Å². The number of fused-ring (bicyclic) bond motifs is 1. The minimum Gasteiger partial charge on any atom is -0.341 e. The Morgan fingerprint density at radius 3 is 2.91 bits per heavy atom. The fourth-order valence-corrected chi connectivity index (χ4v) is 3.93. The highest BCUT2D eigenvalue weighted by molar-refractivity contribution is 7.09. The first-order valence-corrected chi connectivity index (χ1v) is 8.98. The van der Waals surface area contributed by atoms with Crippen LogP contribution in [-0.2, 0) is 6.54 Å². The second-order valence-corrected chi connectivity index (χ2v) is 6.99. The van der Waals surface area contributed by atoms with Crippen molar-refractivity contribution in [1.29, 1.82) is 0 Å². The lowest BCUT2D eigenvalue weighted by atomic mass is 10.3. The van der Waals surface area contributed by atoms with Crippen molar-refractivity contribution in [2.75, 3.05) is 31.1 Å². The first-order valence-electron chi connectivity index (χ1n) is 8.10. The van der Waals surface area contributed by atoms with Gasteiger partial charge in [-0.25, -0.2) is 9.97 Å². The third-order valence-electron chi connectivity index (χ3n) is 4.48. The number of aromatic amines is 1. The first kappa shape index (κ1) is 14.7. The van der Waals surface area contributed by atoms with Gasteiger partial charge in [0.1, 0.15) is 0 Å². The number of para-hydroxylation sites is 2. The van der Waals surface area contributed by atoms with E-state index in [0.29, 0.717) is 0 Å². The van der Waals surface area contributed by atoms with E-state index in [0.717, 1.165) is 56.1 Å². The Kier molecular flexibility index (Phi) is 4.01. The number of H-pyrrole nitrogens is 1. The fourth-order valence-electron chi connectivity index (χ4n) is 3.11. The van der Waals surface area contributed by atoms with Crippen LogP contribution in [0.25, 0.3) is 11.0 Å². The van der Waals surface area contributed by atoms with Crippen molar-refractivity contribution in [3.63, 3.8) is 0 Å². The maximum absolute atomic E-state index is 4.74. The molecule has 0 bridgehead atoms. The van der Waals surface area contributed by atoms with Gasteiger partial charge in [-0.3, -0.25) is 4.90 Å². The number of hydrogen-bond acceptors (Lipinski definition) is 5. The molecule has 0 amide bonds. The number of benzene rings is 1. The number of nitrogens with one attached hydrogen (secondary N) is 1. The molecule has 1 N–H and O–H groups in total. The van der Waals surface area contributed by atoms with Crippen LogP contribution in [0.4, 0.5) is 5.95 Å². The summed E-state index contributed by atoms with van der Waals surface area (Å²) in [6.45, 7) is 7.38. The standard InChI is InChI=1S/C17H21N5S/c1-13-16(23-12-18-13)11-21-7-4-8-22(10-9-21)17-19-14-5-2-3-6-15(14)20-17/h2-3,5-6,12H,4,7-11H2,1H3,(H,19,20). The normalized spacial score (nSPS) is 16.8. The molecule has 0 aliphatic carbocycles. The van der Waals surface area contributed by atoms with Crippen LogP contribution in [0.1, 0.15) is 17.0 Å². The van der Waals surface area contributed by atoms with Gasteiger partial charge in [-0.1, -0.05) is 12.1 Å². The number of imidazole rings is 1. The third kappa shape index (κ3) is 3.09. The predicted molar refractivity (Wildman–Crippen MR) is 95.1 cm³/mol. The molecule has 2 aromatic heterocycles. The Bertz CT molecular complexity index is 760. The van der Waals surface area contributed by atoms with Gasteiger partial charge in [-0.05, 0) is 25.5 Å². The summed E-state index contributed by atoms with van der Waals surface area (Å²) >= 11 is 1.77. The van der Waals surface area contributed by atoms with Crippen molar-refractivity contribution in [1.82, 2.24) is 19.9 Å². The van der Waals surface area contributed by atoms with E-state index in [1.54, 1.807) is 11.3 Å². The van der Waals surface area contributed by atoms with E-state index >= 15 is 0 Å². The molecule has 4 rings (SSSR count).